The molecule has 1 aromatic heterocycles. The van der Waals surface area contributed by atoms with Crippen LogP contribution in [0.4, 0.5) is 14.6 Å². The van der Waals surface area contributed by atoms with Gasteiger partial charge in [0.1, 0.15) is 5.82 Å². The summed E-state index contributed by atoms with van der Waals surface area (Å²) in [6, 6.07) is 2.01. The number of benzene rings is 1. The van der Waals surface area contributed by atoms with Crippen LogP contribution in [-0.4, -0.2) is 28.6 Å². The largest absolute Gasteiger partial charge is 0.463 e. The topological polar surface area (TPSA) is 64.1 Å². The molecule has 0 bridgehead atoms. The third kappa shape index (κ3) is 4.34. The summed E-state index contributed by atoms with van der Waals surface area (Å²) in [6.07, 6.45) is 2.18. The molecule has 7 heteroatoms. The van der Waals surface area contributed by atoms with E-state index in [9.17, 15) is 13.6 Å². The second kappa shape index (κ2) is 7.11. The van der Waals surface area contributed by atoms with Crippen molar-refractivity contribution in [1.82, 2.24) is 9.97 Å². The minimum absolute atomic E-state index is 0.123. The van der Waals surface area contributed by atoms with Gasteiger partial charge in [-0.2, -0.15) is 0 Å². The second-order valence-corrected chi connectivity index (χ2v) is 5.08. The minimum Gasteiger partial charge on any atom is -0.463 e. The number of esters is 1. The van der Waals surface area contributed by atoms with Gasteiger partial charge in [-0.05, 0) is 20.3 Å². The third-order valence-electron chi connectivity index (χ3n) is 2.82. The number of fused-ring (bicyclic) bond motifs is 1. The van der Waals surface area contributed by atoms with Crippen LogP contribution in [0.15, 0.2) is 18.3 Å². The molecule has 22 heavy (non-hydrogen) atoms. The fourth-order valence-corrected chi connectivity index (χ4v) is 1.86. The smallest absolute Gasteiger partial charge is 0.306 e. The highest BCUT2D eigenvalue weighted by molar-refractivity contribution is 5.75. The van der Waals surface area contributed by atoms with E-state index >= 15 is 0 Å². The maximum atomic E-state index is 13.2. The first-order valence-electron chi connectivity index (χ1n) is 7.01. The first-order chi connectivity index (χ1) is 10.5. The summed E-state index contributed by atoms with van der Waals surface area (Å²) < 4.78 is 31.2. The first-order valence-corrected chi connectivity index (χ1v) is 7.01. The molecule has 118 valence electrons. The van der Waals surface area contributed by atoms with E-state index < -0.39 is 11.6 Å². The predicted molar refractivity (Wildman–Crippen MR) is 78.4 cm³/mol. The van der Waals surface area contributed by atoms with Crippen LogP contribution in [0.25, 0.3) is 11.0 Å². The Kier molecular flexibility index (Phi) is 5.19. The Hall–Kier alpha value is -2.31. The van der Waals surface area contributed by atoms with Crippen LogP contribution in [-0.2, 0) is 9.53 Å². The standard InChI is InChI=1S/C15H17F2N3O2/c1-9(2)22-15(21)4-3-5-18-14-8-19-12-6-10(16)11(17)7-13(12)20-14/h6-9H,3-5H2,1-2H3,(H,18,20). The number of halogens is 2. The number of aromatic nitrogens is 2. The molecule has 0 fully saturated rings. The number of nitrogens with zero attached hydrogens (tertiary/aromatic N) is 2. The molecule has 1 aromatic carbocycles. The number of carbonyl (C=O) groups is 1. The number of ether oxygens (including phenoxy) is 1. The van der Waals surface area contributed by atoms with Gasteiger partial charge in [0.25, 0.3) is 0 Å². The van der Waals surface area contributed by atoms with Crippen molar-refractivity contribution in [2.75, 3.05) is 11.9 Å². The number of anilines is 1. The Balaban J connectivity index is 1.90. The van der Waals surface area contributed by atoms with E-state index in [-0.39, 0.29) is 23.1 Å². The van der Waals surface area contributed by atoms with Gasteiger partial charge in [0.05, 0.1) is 23.3 Å². The van der Waals surface area contributed by atoms with Crippen molar-refractivity contribution < 1.29 is 18.3 Å². The average molecular weight is 309 g/mol. The zero-order valence-corrected chi connectivity index (χ0v) is 12.4. The Morgan fingerprint density at radius 3 is 2.64 bits per heavy atom. The molecule has 0 saturated carbocycles. The van der Waals surface area contributed by atoms with E-state index in [2.05, 4.69) is 15.3 Å². The van der Waals surface area contributed by atoms with E-state index in [4.69, 9.17) is 4.74 Å². The van der Waals surface area contributed by atoms with E-state index in [0.717, 1.165) is 12.1 Å². The van der Waals surface area contributed by atoms with Gasteiger partial charge in [-0.3, -0.25) is 9.78 Å². The summed E-state index contributed by atoms with van der Waals surface area (Å²) >= 11 is 0. The Morgan fingerprint density at radius 2 is 1.95 bits per heavy atom. The molecular weight excluding hydrogens is 292 g/mol. The van der Waals surface area contributed by atoms with Crippen molar-refractivity contribution in [1.29, 1.82) is 0 Å². The lowest BCUT2D eigenvalue weighted by Gasteiger charge is -2.08. The van der Waals surface area contributed by atoms with Crippen LogP contribution < -0.4 is 5.32 Å². The Bertz CT molecular complexity index is 677. The van der Waals surface area contributed by atoms with Crippen LogP contribution in [0, 0.1) is 11.6 Å². The number of carbonyl (C=O) groups excluding carboxylic acids is 1. The molecule has 0 atom stereocenters. The van der Waals surface area contributed by atoms with Gasteiger partial charge in [0.2, 0.25) is 0 Å². The number of rotatable bonds is 6. The van der Waals surface area contributed by atoms with E-state index in [1.165, 1.54) is 6.20 Å². The molecule has 0 aliphatic carbocycles. The van der Waals surface area contributed by atoms with Crippen molar-refractivity contribution in [2.24, 2.45) is 0 Å². The lowest BCUT2D eigenvalue weighted by atomic mass is 10.3. The average Bonchev–Trinajstić information content (AvgIpc) is 2.44. The fraction of sp³-hybridized carbons (Fsp3) is 0.400. The number of nitrogens with one attached hydrogen (secondary N) is 1. The Labute approximate surface area is 126 Å². The molecule has 1 N–H and O–H groups in total. The number of hydrogen-bond donors (Lipinski definition) is 1. The van der Waals surface area contributed by atoms with Gasteiger partial charge < -0.3 is 10.1 Å². The van der Waals surface area contributed by atoms with Gasteiger partial charge in [0.15, 0.2) is 11.6 Å². The molecule has 2 rings (SSSR count). The van der Waals surface area contributed by atoms with E-state index in [1.807, 2.05) is 0 Å². The molecule has 0 spiro atoms. The van der Waals surface area contributed by atoms with Crippen molar-refractivity contribution in [3.05, 3.63) is 30.0 Å². The highest BCUT2D eigenvalue weighted by atomic mass is 19.2. The van der Waals surface area contributed by atoms with E-state index in [1.54, 1.807) is 13.8 Å². The molecule has 0 aliphatic rings. The molecule has 0 amide bonds. The van der Waals surface area contributed by atoms with Crippen LogP contribution in [0.2, 0.25) is 0 Å². The Morgan fingerprint density at radius 1 is 1.27 bits per heavy atom. The zero-order valence-electron chi connectivity index (χ0n) is 12.4. The highest BCUT2D eigenvalue weighted by Crippen LogP contribution is 2.16. The van der Waals surface area contributed by atoms with Crippen molar-refractivity contribution >= 4 is 22.8 Å². The molecule has 2 aromatic rings. The first kappa shape index (κ1) is 16.1. The molecule has 0 radical (unpaired) electrons. The quantitative estimate of drug-likeness (QED) is 0.656. The normalized spacial score (nSPS) is 11.0. The number of hydrogen-bond acceptors (Lipinski definition) is 5. The van der Waals surface area contributed by atoms with Gasteiger partial charge >= 0.3 is 5.97 Å². The monoisotopic (exact) mass is 309 g/mol. The van der Waals surface area contributed by atoms with E-state index in [0.29, 0.717) is 25.2 Å². The summed E-state index contributed by atoms with van der Waals surface area (Å²) in [7, 11) is 0. The second-order valence-electron chi connectivity index (χ2n) is 5.08. The zero-order chi connectivity index (χ0) is 16.1. The molecule has 0 saturated heterocycles. The summed E-state index contributed by atoms with van der Waals surface area (Å²) in [5, 5.41) is 2.98. The SMILES string of the molecule is CC(C)OC(=O)CCCNc1cnc2cc(F)c(F)cc2n1. The van der Waals surface area contributed by atoms with Gasteiger partial charge in [-0.25, -0.2) is 13.8 Å². The van der Waals surface area contributed by atoms with Crippen LogP contribution in [0.5, 0.6) is 0 Å². The third-order valence-corrected chi connectivity index (χ3v) is 2.82. The summed E-state index contributed by atoms with van der Waals surface area (Å²) in [5.41, 5.74) is 0.549. The van der Waals surface area contributed by atoms with Crippen molar-refractivity contribution in [3.63, 3.8) is 0 Å². The van der Waals surface area contributed by atoms with Crippen LogP contribution in [0.1, 0.15) is 26.7 Å². The lowest BCUT2D eigenvalue weighted by Crippen LogP contribution is -2.13. The molecule has 1 heterocycles. The van der Waals surface area contributed by atoms with Crippen LogP contribution in [0.3, 0.4) is 0 Å². The minimum atomic E-state index is -0.963. The summed E-state index contributed by atoms with van der Waals surface area (Å²) in [4.78, 5) is 19.5. The molecule has 0 unspecified atom stereocenters. The van der Waals surface area contributed by atoms with Crippen molar-refractivity contribution in [3.8, 4) is 0 Å². The highest BCUT2D eigenvalue weighted by Gasteiger charge is 2.08. The fourth-order valence-electron chi connectivity index (χ4n) is 1.86. The molecule has 0 aliphatic heterocycles. The lowest BCUT2D eigenvalue weighted by molar-refractivity contribution is -0.147. The van der Waals surface area contributed by atoms with Crippen molar-refractivity contribution in [2.45, 2.75) is 32.8 Å². The van der Waals surface area contributed by atoms with Gasteiger partial charge in [-0.1, -0.05) is 0 Å². The molecular formula is C15H17F2N3O2. The summed E-state index contributed by atoms with van der Waals surface area (Å²) in [5.74, 6) is -1.73. The maximum absolute atomic E-state index is 13.2. The predicted octanol–water partition coefficient (Wildman–Crippen LogP) is 3.05. The maximum Gasteiger partial charge on any atom is 0.306 e. The van der Waals surface area contributed by atoms with Gasteiger partial charge in [0, 0.05) is 25.1 Å². The molecule has 5 nitrogen and oxygen atoms in total. The van der Waals surface area contributed by atoms with Crippen LogP contribution >= 0.6 is 0 Å². The summed E-state index contributed by atoms with van der Waals surface area (Å²) in [6.45, 7) is 4.09. The van der Waals surface area contributed by atoms with Gasteiger partial charge in [-0.15, -0.1) is 0 Å².